The Labute approximate surface area is 171 Å². The van der Waals surface area contributed by atoms with E-state index in [1.54, 1.807) is 37.3 Å². The molecule has 0 aromatic heterocycles. The van der Waals surface area contributed by atoms with E-state index in [1.807, 2.05) is 44.2 Å². The topological polar surface area (TPSA) is 95.5 Å². The molecule has 29 heavy (non-hydrogen) atoms. The Kier molecular flexibility index (Phi) is 7.53. The van der Waals surface area contributed by atoms with Gasteiger partial charge in [0.05, 0.1) is 6.42 Å². The van der Waals surface area contributed by atoms with Gasteiger partial charge in [-0.15, -0.1) is 0 Å². The van der Waals surface area contributed by atoms with Crippen LogP contribution in [-0.2, 0) is 26.2 Å². The van der Waals surface area contributed by atoms with E-state index in [-0.39, 0.29) is 24.8 Å². The highest BCUT2D eigenvalue weighted by Gasteiger charge is 2.36. The van der Waals surface area contributed by atoms with Crippen molar-refractivity contribution >= 4 is 17.8 Å². The molecule has 0 bridgehead atoms. The first kappa shape index (κ1) is 22.1. The van der Waals surface area contributed by atoms with Gasteiger partial charge in [-0.3, -0.25) is 14.4 Å². The van der Waals surface area contributed by atoms with Gasteiger partial charge >= 0.3 is 5.97 Å². The van der Waals surface area contributed by atoms with E-state index in [0.717, 1.165) is 5.56 Å². The summed E-state index contributed by atoms with van der Waals surface area (Å²) >= 11 is 0. The second-order valence-corrected chi connectivity index (χ2v) is 7.67. The minimum atomic E-state index is -1.27. The molecule has 0 aliphatic heterocycles. The van der Waals surface area contributed by atoms with E-state index in [0.29, 0.717) is 5.56 Å². The van der Waals surface area contributed by atoms with E-state index < -0.39 is 23.3 Å². The minimum absolute atomic E-state index is 0.0804. The maximum atomic E-state index is 12.8. The van der Waals surface area contributed by atoms with Crippen molar-refractivity contribution in [1.82, 2.24) is 10.6 Å². The SMILES string of the molecule is CC(C)C(NC(=O)Cc1ccccc1)C(=O)NCC(C)(C(=O)O)c1ccccc1. The van der Waals surface area contributed by atoms with Gasteiger partial charge in [0.2, 0.25) is 11.8 Å². The maximum absolute atomic E-state index is 12.8. The lowest BCUT2D eigenvalue weighted by molar-refractivity contribution is -0.143. The van der Waals surface area contributed by atoms with Gasteiger partial charge in [-0.1, -0.05) is 74.5 Å². The van der Waals surface area contributed by atoms with Gasteiger partial charge in [0.1, 0.15) is 11.5 Å². The highest BCUT2D eigenvalue weighted by molar-refractivity contribution is 5.89. The average molecular weight is 396 g/mol. The fourth-order valence-electron chi connectivity index (χ4n) is 3.02. The minimum Gasteiger partial charge on any atom is -0.481 e. The van der Waals surface area contributed by atoms with E-state index in [4.69, 9.17) is 0 Å². The molecule has 2 aromatic rings. The molecule has 3 N–H and O–H groups in total. The summed E-state index contributed by atoms with van der Waals surface area (Å²) < 4.78 is 0. The highest BCUT2D eigenvalue weighted by atomic mass is 16.4. The molecule has 0 spiro atoms. The first-order valence-corrected chi connectivity index (χ1v) is 9.64. The molecule has 2 amide bonds. The summed E-state index contributed by atoms with van der Waals surface area (Å²) in [4.78, 5) is 37.0. The zero-order valence-electron chi connectivity index (χ0n) is 17.0. The maximum Gasteiger partial charge on any atom is 0.315 e. The first-order chi connectivity index (χ1) is 13.7. The molecule has 0 saturated carbocycles. The number of carboxylic acid groups (broad SMARTS) is 1. The predicted molar refractivity (Wildman–Crippen MR) is 111 cm³/mol. The second-order valence-electron chi connectivity index (χ2n) is 7.67. The molecule has 0 fully saturated rings. The summed E-state index contributed by atoms with van der Waals surface area (Å²) in [6, 6.07) is 17.3. The summed E-state index contributed by atoms with van der Waals surface area (Å²) in [6.07, 6.45) is 0.175. The van der Waals surface area contributed by atoms with Gasteiger partial charge in [-0.25, -0.2) is 0 Å². The highest BCUT2D eigenvalue weighted by Crippen LogP contribution is 2.23. The number of aliphatic carboxylic acids is 1. The Morgan fingerprint density at radius 3 is 2.03 bits per heavy atom. The number of carbonyl (C=O) groups is 3. The van der Waals surface area contributed by atoms with E-state index >= 15 is 0 Å². The van der Waals surface area contributed by atoms with Crippen LogP contribution < -0.4 is 10.6 Å². The van der Waals surface area contributed by atoms with Crippen molar-refractivity contribution in [2.75, 3.05) is 6.54 Å². The number of rotatable bonds is 9. The lowest BCUT2D eigenvalue weighted by Gasteiger charge is -2.28. The standard InChI is InChI=1S/C23H28N2O4/c1-16(2)20(25-19(26)14-17-10-6-4-7-11-17)21(27)24-15-23(3,22(28)29)18-12-8-5-9-13-18/h4-13,16,20H,14-15H2,1-3H3,(H,24,27)(H,25,26)(H,28,29). The van der Waals surface area contributed by atoms with Crippen LogP contribution in [0.25, 0.3) is 0 Å². The quantitative estimate of drug-likeness (QED) is 0.607. The second kappa shape index (κ2) is 9.87. The molecule has 154 valence electrons. The van der Waals surface area contributed by atoms with Crippen LogP contribution in [0.2, 0.25) is 0 Å². The Morgan fingerprint density at radius 2 is 1.52 bits per heavy atom. The summed E-state index contributed by atoms with van der Waals surface area (Å²) in [5.41, 5.74) is 0.185. The van der Waals surface area contributed by atoms with Gasteiger partial charge in [0.15, 0.2) is 0 Å². The number of hydrogen-bond donors (Lipinski definition) is 3. The zero-order chi connectivity index (χ0) is 21.4. The van der Waals surface area contributed by atoms with E-state index in [2.05, 4.69) is 10.6 Å². The number of amides is 2. The van der Waals surface area contributed by atoms with Gasteiger partial charge in [0.25, 0.3) is 0 Å². The van der Waals surface area contributed by atoms with Crippen LogP contribution in [0.5, 0.6) is 0 Å². The third-order valence-corrected chi connectivity index (χ3v) is 4.97. The third-order valence-electron chi connectivity index (χ3n) is 4.97. The van der Waals surface area contributed by atoms with Crippen molar-refractivity contribution in [2.45, 2.75) is 38.6 Å². The predicted octanol–water partition coefficient (Wildman–Crippen LogP) is 2.53. The van der Waals surface area contributed by atoms with Crippen molar-refractivity contribution < 1.29 is 19.5 Å². The summed E-state index contributed by atoms with van der Waals surface area (Å²) in [5.74, 6) is -1.83. The Hall–Kier alpha value is -3.15. The molecule has 6 heteroatoms. The largest absolute Gasteiger partial charge is 0.481 e. The van der Waals surface area contributed by atoms with Crippen LogP contribution in [0.15, 0.2) is 60.7 Å². The van der Waals surface area contributed by atoms with Crippen molar-refractivity contribution in [3.63, 3.8) is 0 Å². The van der Waals surface area contributed by atoms with Crippen molar-refractivity contribution in [3.8, 4) is 0 Å². The molecular weight excluding hydrogens is 368 g/mol. The molecule has 0 saturated heterocycles. The number of nitrogens with one attached hydrogen (secondary N) is 2. The van der Waals surface area contributed by atoms with Crippen LogP contribution in [0.1, 0.15) is 31.9 Å². The zero-order valence-corrected chi connectivity index (χ0v) is 17.0. The first-order valence-electron chi connectivity index (χ1n) is 9.64. The molecular formula is C23H28N2O4. The molecule has 0 heterocycles. The normalized spacial score (nSPS) is 13.9. The summed E-state index contributed by atoms with van der Waals surface area (Å²) in [6.45, 7) is 5.16. The molecule has 0 radical (unpaired) electrons. The van der Waals surface area contributed by atoms with Gasteiger partial charge < -0.3 is 15.7 Å². The van der Waals surface area contributed by atoms with Crippen LogP contribution in [0, 0.1) is 5.92 Å². The number of benzene rings is 2. The van der Waals surface area contributed by atoms with Crippen LogP contribution in [0.3, 0.4) is 0 Å². The molecule has 2 unspecified atom stereocenters. The van der Waals surface area contributed by atoms with E-state index in [1.165, 1.54) is 0 Å². The number of hydrogen-bond acceptors (Lipinski definition) is 3. The molecule has 2 atom stereocenters. The van der Waals surface area contributed by atoms with Crippen LogP contribution in [-0.4, -0.2) is 35.5 Å². The van der Waals surface area contributed by atoms with Crippen LogP contribution in [0.4, 0.5) is 0 Å². The van der Waals surface area contributed by atoms with Crippen molar-refractivity contribution in [3.05, 3.63) is 71.8 Å². The third kappa shape index (κ3) is 5.91. The molecule has 2 aromatic carbocycles. The molecule has 0 aliphatic rings. The van der Waals surface area contributed by atoms with Gasteiger partial charge in [0, 0.05) is 6.54 Å². The lowest BCUT2D eigenvalue weighted by Crippen LogP contribution is -2.53. The van der Waals surface area contributed by atoms with Gasteiger partial charge in [-0.05, 0) is 24.0 Å². The lowest BCUT2D eigenvalue weighted by atomic mass is 9.82. The van der Waals surface area contributed by atoms with Gasteiger partial charge in [-0.2, -0.15) is 0 Å². The summed E-state index contributed by atoms with van der Waals surface area (Å²) in [5, 5.41) is 15.2. The Bertz CT molecular complexity index is 836. The van der Waals surface area contributed by atoms with E-state index in [9.17, 15) is 19.5 Å². The number of carboxylic acids is 1. The number of carbonyl (C=O) groups excluding carboxylic acids is 2. The smallest absolute Gasteiger partial charge is 0.315 e. The fraction of sp³-hybridized carbons (Fsp3) is 0.348. The van der Waals surface area contributed by atoms with Crippen LogP contribution >= 0.6 is 0 Å². The fourth-order valence-corrected chi connectivity index (χ4v) is 3.02. The van der Waals surface area contributed by atoms with Crippen molar-refractivity contribution in [2.24, 2.45) is 5.92 Å². The molecule has 6 nitrogen and oxygen atoms in total. The Morgan fingerprint density at radius 1 is 0.966 bits per heavy atom. The summed E-state index contributed by atoms with van der Waals surface area (Å²) in [7, 11) is 0. The molecule has 0 aliphatic carbocycles. The van der Waals surface area contributed by atoms with Crippen molar-refractivity contribution in [1.29, 1.82) is 0 Å². The monoisotopic (exact) mass is 396 g/mol. The average Bonchev–Trinajstić information content (AvgIpc) is 2.71. The molecule has 2 rings (SSSR count). The Balaban J connectivity index is 2.05.